The molecule has 1 saturated heterocycles. The number of rotatable bonds is 4. The monoisotopic (exact) mass is 255 g/mol. The third-order valence-corrected chi connectivity index (χ3v) is 3.99. The Labute approximate surface area is 102 Å². The molecule has 0 bridgehead atoms. The number of anilines is 1. The number of hydrogen-bond donors (Lipinski definition) is 1. The highest BCUT2D eigenvalue weighted by Crippen LogP contribution is 2.17. The zero-order valence-corrected chi connectivity index (χ0v) is 10.7. The minimum atomic E-state index is -3.13. The average Bonchev–Trinajstić information content (AvgIpc) is 2.78. The van der Waals surface area contributed by atoms with Crippen LogP contribution in [-0.4, -0.2) is 34.4 Å². The molecular weight excluding hydrogens is 238 g/mol. The number of ether oxygens (including phenoxy) is 1. The van der Waals surface area contributed by atoms with E-state index in [1.165, 1.54) is 6.26 Å². The quantitative estimate of drug-likeness (QED) is 0.886. The Kier molecular flexibility index (Phi) is 3.69. The van der Waals surface area contributed by atoms with Crippen LogP contribution in [0, 0.1) is 5.92 Å². The molecule has 0 aliphatic carbocycles. The van der Waals surface area contributed by atoms with Gasteiger partial charge in [-0.2, -0.15) is 0 Å². The van der Waals surface area contributed by atoms with Gasteiger partial charge in [0, 0.05) is 31.0 Å². The maximum Gasteiger partial charge on any atom is 0.175 e. The summed E-state index contributed by atoms with van der Waals surface area (Å²) in [6, 6.07) is 6.92. The van der Waals surface area contributed by atoms with Crippen LogP contribution >= 0.6 is 0 Å². The number of sulfone groups is 1. The minimum absolute atomic E-state index is 0.352. The molecule has 94 valence electrons. The third kappa shape index (κ3) is 3.44. The average molecular weight is 255 g/mol. The van der Waals surface area contributed by atoms with E-state index < -0.39 is 9.84 Å². The van der Waals surface area contributed by atoms with Crippen molar-refractivity contribution in [3.8, 4) is 0 Å². The van der Waals surface area contributed by atoms with Gasteiger partial charge < -0.3 is 10.1 Å². The highest BCUT2D eigenvalue weighted by Gasteiger charge is 2.15. The fraction of sp³-hybridized carbons (Fsp3) is 0.500. The van der Waals surface area contributed by atoms with Gasteiger partial charge in [0.15, 0.2) is 9.84 Å². The summed E-state index contributed by atoms with van der Waals surface area (Å²) in [6.45, 7) is 2.45. The van der Waals surface area contributed by atoms with Crippen LogP contribution in [0.1, 0.15) is 6.42 Å². The molecule has 1 aliphatic heterocycles. The molecule has 0 amide bonds. The van der Waals surface area contributed by atoms with Crippen LogP contribution < -0.4 is 5.32 Å². The maximum atomic E-state index is 11.4. The molecule has 17 heavy (non-hydrogen) atoms. The molecule has 0 spiro atoms. The zero-order chi connectivity index (χ0) is 12.3. The Morgan fingerprint density at radius 1 is 1.47 bits per heavy atom. The molecule has 1 unspecified atom stereocenters. The van der Waals surface area contributed by atoms with Crippen molar-refractivity contribution in [2.75, 3.05) is 31.3 Å². The normalized spacial score (nSPS) is 20.4. The summed E-state index contributed by atoms with van der Waals surface area (Å²) in [4.78, 5) is 0.352. The van der Waals surface area contributed by atoms with Gasteiger partial charge in [0.1, 0.15) is 0 Å². The lowest BCUT2D eigenvalue weighted by atomic mass is 10.1. The molecule has 0 radical (unpaired) electrons. The van der Waals surface area contributed by atoms with Gasteiger partial charge in [-0.25, -0.2) is 8.42 Å². The molecule has 2 rings (SSSR count). The summed E-state index contributed by atoms with van der Waals surface area (Å²) in [7, 11) is -3.13. The van der Waals surface area contributed by atoms with Gasteiger partial charge in [-0.05, 0) is 24.6 Å². The Morgan fingerprint density at radius 3 is 2.94 bits per heavy atom. The van der Waals surface area contributed by atoms with Crippen LogP contribution in [0.4, 0.5) is 5.69 Å². The lowest BCUT2D eigenvalue weighted by Crippen LogP contribution is -2.14. The van der Waals surface area contributed by atoms with Crippen molar-refractivity contribution in [1.29, 1.82) is 0 Å². The summed E-state index contributed by atoms with van der Waals surface area (Å²) in [5.41, 5.74) is 0.847. The van der Waals surface area contributed by atoms with Crippen molar-refractivity contribution >= 4 is 15.5 Å². The van der Waals surface area contributed by atoms with E-state index in [-0.39, 0.29) is 0 Å². The van der Waals surface area contributed by atoms with Gasteiger partial charge in [-0.15, -0.1) is 0 Å². The van der Waals surface area contributed by atoms with Gasteiger partial charge in [-0.1, -0.05) is 6.07 Å². The minimum Gasteiger partial charge on any atom is -0.385 e. The Balaban J connectivity index is 2.01. The number of nitrogens with one attached hydrogen (secondary N) is 1. The molecule has 1 aliphatic rings. The summed E-state index contributed by atoms with van der Waals surface area (Å²) >= 11 is 0. The van der Waals surface area contributed by atoms with Crippen molar-refractivity contribution in [1.82, 2.24) is 0 Å². The van der Waals surface area contributed by atoms with Crippen LogP contribution in [0.2, 0.25) is 0 Å². The molecule has 1 heterocycles. The summed E-state index contributed by atoms with van der Waals surface area (Å²) in [6.07, 6.45) is 2.29. The molecule has 0 saturated carbocycles. The number of hydrogen-bond acceptors (Lipinski definition) is 4. The topological polar surface area (TPSA) is 55.4 Å². The van der Waals surface area contributed by atoms with Crippen molar-refractivity contribution in [3.05, 3.63) is 24.3 Å². The SMILES string of the molecule is CS(=O)(=O)c1cccc(NCC2CCOC2)c1. The van der Waals surface area contributed by atoms with Gasteiger partial charge >= 0.3 is 0 Å². The lowest BCUT2D eigenvalue weighted by Gasteiger charge is -2.11. The van der Waals surface area contributed by atoms with E-state index >= 15 is 0 Å². The first-order valence-corrected chi connectivity index (χ1v) is 7.56. The van der Waals surface area contributed by atoms with E-state index in [0.717, 1.165) is 31.9 Å². The summed E-state index contributed by atoms with van der Waals surface area (Å²) < 4.78 is 28.1. The van der Waals surface area contributed by atoms with E-state index in [9.17, 15) is 8.42 Å². The second-order valence-corrected chi connectivity index (χ2v) is 6.43. The van der Waals surface area contributed by atoms with Crippen LogP contribution in [0.15, 0.2) is 29.2 Å². The fourth-order valence-electron chi connectivity index (χ4n) is 1.84. The van der Waals surface area contributed by atoms with E-state index in [2.05, 4.69) is 5.32 Å². The highest BCUT2D eigenvalue weighted by atomic mass is 32.2. The van der Waals surface area contributed by atoms with Gasteiger partial charge in [0.25, 0.3) is 0 Å². The van der Waals surface area contributed by atoms with E-state index in [0.29, 0.717) is 10.8 Å². The molecule has 0 aromatic heterocycles. The Morgan fingerprint density at radius 2 is 2.29 bits per heavy atom. The highest BCUT2D eigenvalue weighted by molar-refractivity contribution is 7.90. The Bertz CT molecular complexity index is 478. The third-order valence-electron chi connectivity index (χ3n) is 2.88. The maximum absolute atomic E-state index is 11.4. The van der Waals surface area contributed by atoms with E-state index in [1.807, 2.05) is 6.07 Å². The van der Waals surface area contributed by atoms with Crippen LogP contribution in [0.5, 0.6) is 0 Å². The first kappa shape index (κ1) is 12.4. The predicted molar refractivity (Wildman–Crippen MR) is 67.0 cm³/mol. The van der Waals surface area contributed by atoms with Crippen LogP contribution in [-0.2, 0) is 14.6 Å². The van der Waals surface area contributed by atoms with Crippen molar-refractivity contribution in [3.63, 3.8) is 0 Å². The van der Waals surface area contributed by atoms with Crippen molar-refractivity contribution in [2.24, 2.45) is 5.92 Å². The molecule has 1 aromatic rings. The summed E-state index contributed by atoms with van der Waals surface area (Å²) in [5, 5.41) is 3.25. The Hall–Kier alpha value is -1.07. The van der Waals surface area contributed by atoms with E-state index in [1.54, 1.807) is 18.2 Å². The second kappa shape index (κ2) is 5.06. The molecule has 5 heteroatoms. The molecule has 1 aromatic carbocycles. The first-order chi connectivity index (χ1) is 8.05. The first-order valence-electron chi connectivity index (χ1n) is 5.67. The smallest absolute Gasteiger partial charge is 0.175 e. The molecule has 4 nitrogen and oxygen atoms in total. The molecule has 1 fully saturated rings. The van der Waals surface area contributed by atoms with E-state index in [4.69, 9.17) is 4.74 Å². The van der Waals surface area contributed by atoms with Gasteiger partial charge in [-0.3, -0.25) is 0 Å². The predicted octanol–water partition coefficient (Wildman–Crippen LogP) is 1.54. The standard InChI is InChI=1S/C12H17NO3S/c1-17(14,15)12-4-2-3-11(7-12)13-8-10-5-6-16-9-10/h2-4,7,10,13H,5-6,8-9H2,1H3. The van der Waals surface area contributed by atoms with Crippen molar-refractivity contribution < 1.29 is 13.2 Å². The zero-order valence-electron chi connectivity index (χ0n) is 9.85. The second-order valence-electron chi connectivity index (χ2n) is 4.41. The summed E-state index contributed by atoms with van der Waals surface area (Å²) in [5.74, 6) is 0.525. The van der Waals surface area contributed by atoms with Crippen LogP contribution in [0.3, 0.4) is 0 Å². The van der Waals surface area contributed by atoms with Crippen molar-refractivity contribution in [2.45, 2.75) is 11.3 Å². The molecule has 1 N–H and O–H groups in total. The van der Waals surface area contributed by atoms with Gasteiger partial charge in [0.05, 0.1) is 11.5 Å². The lowest BCUT2D eigenvalue weighted by molar-refractivity contribution is 0.187. The molecule has 1 atom stereocenters. The largest absolute Gasteiger partial charge is 0.385 e. The van der Waals surface area contributed by atoms with Crippen LogP contribution in [0.25, 0.3) is 0 Å². The molecular formula is C12H17NO3S. The fourth-order valence-corrected chi connectivity index (χ4v) is 2.51. The number of benzene rings is 1. The van der Waals surface area contributed by atoms with Gasteiger partial charge in [0.2, 0.25) is 0 Å².